The normalized spacial score (nSPS) is 20.2. The van der Waals surface area contributed by atoms with E-state index in [4.69, 9.17) is 14.2 Å². The molecular weight excluding hydrogens is 196 g/mol. The van der Waals surface area contributed by atoms with Crippen LogP contribution in [0.25, 0.3) is 0 Å². The van der Waals surface area contributed by atoms with E-state index in [2.05, 4.69) is 0 Å². The smallest absolute Gasteiger partial charge is 0.127 e. The van der Waals surface area contributed by atoms with Gasteiger partial charge in [0.1, 0.15) is 23.4 Å². The first kappa shape index (κ1) is 10.1. The van der Waals surface area contributed by atoms with Gasteiger partial charge in [0.15, 0.2) is 0 Å². The van der Waals surface area contributed by atoms with Gasteiger partial charge in [-0.3, -0.25) is 0 Å². The van der Waals surface area contributed by atoms with Crippen molar-refractivity contribution >= 4 is 0 Å². The van der Waals surface area contributed by atoms with E-state index in [1.807, 2.05) is 0 Å². The Morgan fingerprint density at radius 2 is 2.13 bits per heavy atom. The molecule has 1 heterocycles. The fourth-order valence-electron chi connectivity index (χ4n) is 1.54. The van der Waals surface area contributed by atoms with Gasteiger partial charge in [0, 0.05) is 24.6 Å². The number of phenolic OH excluding ortho intramolecular Hbond substituents is 1. The summed E-state index contributed by atoms with van der Waals surface area (Å²) in [5, 5.41) is 9.41. The van der Waals surface area contributed by atoms with E-state index in [1.54, 1.807) is 19.2 Å². The Bertz CT molecular complexity index is 331. The summed E-state index contributed by atoms with van der Waals surface area (Å²) < 4.78 is 15.9. The topological polar surface area (TPSA) is 47.9 Å². The monoisotopic (exact) mass is 210 g/mol. The van der Waals surface area contributed by atoms with E-state index in [0.717, 1.165) is 13.0 Å². The molecule has 0 aliphatic carbocycles. The second-order valence-electron chi connectivity index (χ2n) is 3.47. The van der Waals surface area contributed by atoms with Gasteiger partial charge in [-0.25, -0.2) is 0 Å². The van der Waals surface area contributed by atoms with Crippen molar-refractivity contribution in [1.82, 2.24) is 0 Å². The molecule has 1 aliphatic heterocycles. The number of rotatable bonds is 3. The van der Waals surface area contributed by atoms with Gasteiger partial charge in [-0.05, 0) is 0 Å². The highest BCUT2D eigenvalue weighted by Crippen LogP contribution is 2.28. The van der Waals surface area contributed by atoms with E-state index < -0.39 is 0 Å². The molecule has 1 saturated heterocycles. The highest BCUT2D eigenvalue weighted by Gasteiger charge is 2.17. The summed E-state index contributed by atoms with van der Waals surface area (Å²) in [6.07, 6.45) is 0.967. The van der Waals surface area contributed by atoms with Crippen LogP contribution in [-0.2, 0) is 4.74 Å². The molecule has 0 spiro atoms. The van der Waals surface area contributed by atoms with Crippen LogP contribution in [0.4, 0.5) is 0 Å². The molecule has 4 heteroatoms. The van der Waals surface area contributed by atoms with Crippen LogP contribution < -0.4 is 9.47 Å². The van der Waals surface area contributed by atoms with Crippen LogP contribution in [0.5, 0.6) is 17.2 Å². The van der Waals surface area contributed by atoms with Crippen molar-refractivity contribution in [2.24, 2.45) is 0 Å². The van der Waals surface area contributed by atoms with Crippen molar-refractivity contribution in [3.63, 3.8) is 0 Å². The van der Waals surface area contributed by atoms with Crippen LogP contribution in [0.1, 0.15) is 6.42 Å². The van der Waals surface area contributed by atoms with E-state index in [1.165, 1.54) is 6.07 Å². The first-order valence-corrected chi connectivity index (χ1v) is 4.90. The molecular formula is C11H14O4. The number of aromatic hydroxyl groups is 1. The third-order valence-electron chi connectivity index (χ3n) is 2.29. The van der Waals surface area contributed by atoms with Gasteiger partial charge in [-0.15, -0.1) is 0 Å². The first-order chi connectivity index (χ1) is 7.28. The van der Waals surface area contributed by atoms with Crippen molar-refractivity contribution in [3.05, 3.63) is 18.2 Å². The zero-order valence-electron chi connectivity index (χ0n) is 8.60. The lowest BCUT2D eigenvalue weighted by molar-refractivity contribution is 0.141. The first-order valence-electron chi connectivity index (χ1n) is 4.90. The van der Waals surface area contributed by atoms with Crippen LogP contribution in [-0.4, -0.2) is 31.5 Å². The molecule has 0 amide bonds. The van der Waals surface area contributed by atoms with Crippen molar-refractivity contribution in [1.29, 1.82) is 0 Å². The molecule has 1 atom stereocenters. The standard InChI is InChI=1S/C11H14O4/c1-13-10-4-8(12)5-11(6-10)15-9-2-3-14-7-9/h4-6,9,12H,2-3,7H2,1H3/t9-/m0/s1. The maximum atomic E-state index is 9.41. The van der Waals surface area contributed by atoms with Crippen molar-refractivity contribution < 1.29 is 19.3 Å². The summed E-state index contributed by atoms with van der Waals surface area (Å²) in [5.74, 6) is 1.34. The average molecular weight is 210 g/mol. The molecule has 82 valence electrons. The lowest BCUT2D eigenvalue weighted by atomic mass is 10.3. The molecule has 4 nitrogen and oxygen atoms in total. The molecule has 15 heavy (non-hydrogen) atoms. The predicted molar refractivity (Wildman–Crippen MR) is 54.5 cm³/mol. The molecule has 0 radical (unpaired) electrons. The highest BCUT2D eigenvalue weighted by atomic mass is 16.5. The third-order valence-corrected chi connectivity index (χ3v) is 2.29. The van der Waals surface area contributed by atoms with Crippen LogP contribution in [0.2, 0.25) is 0 Å². The van der Waals surface area contributed by atoms with Gasteiger partial charge in [0.2, 0.25) is 0 Å². The maximum absolute atomic E-state index is 9.41. The molecule has 0 saturated carbocycles. The second kappa shape index (κ2) is 4.40. The lowest BCUT2D eigenvalue weighted by Crippen LogP contribution is -2.15. The number of ether oxygens (including phenoxy) is 3. The van der Waals surface area contributed by atoms with Crippen LogP contribution in [0.3, 0.4) is 0 Å². The minimum absolute atomic E-state index is 0.0801. The highest BCUT2D eigenvalue weighted by molar-refractivity contribution is 5.41. The van der Waals surface area contributed by atoms with Crippen LogP contribution >= 0.6 is 0 Å². The SMILES string of the molecule is COc1cc(O)cc(O[C@H]2CCOC2)c1. The summed E-state index contributed by atoms with van der Waals surface area (Å²) in [6, 6.07) is 4.86. The molecule has 0 bridgehead atoms. The van der Waals surface area contributed by atoms with E-state index in [0.29, 0.717) is 18.1 Å². The summed E-state index contributed by atoms with van der Waals surface area (Å²) in [5.41, 5.74) is 0. The van der Waals surface area contributed by atoms with Crippen molar-refractivity contribution in [2.75, 3.05) is 20.3 Å². The zero-order valence-corrected chi connectivity index (χ0v) is 8.60. The van der Waals surface area contributed by atoms with E-state index in [-0.39, 0.29) is 11.9 Å². The molecule has 0 aromatic heterocycles. The molecule has 1 aromatic rings. The lowest BCUT2D eigenvalue weighted by Gasteiger charge is -2.12. The predicted octanol–water partition coefficient (Wildman–Crippen LogP) is 1.57. The van der Waals surface area contributed by atoms with E-state index >= 15 is 0 Å². The Hall–Kier alpha value is -1.42. The van der Waals surface area contributed by atoms with Crippen molar-refractivity contribution in [3.8, 4) is 17.2 Å². The third kappa shape index (κ3) is 2.53. The Balaban J connectivity index is 2.09. The Kier molecular flexibility index (Phi) is 2.97. The fraction of sp³-hybridized carbons (Fsp3) is 0.455. The molecule has 1 N–H and O–H groups in total. The largest absolute Gasteiger partial charge is 0.508 e. The zero-order chi connectivity index (χ0) is 10.7. The Morgan fingerprint density at radius 1 is 1.33 bits per heavy atom. The van der Waals surface area contributed by atoms with Crippen LogP contribution in [0, 0.1) is 0 Å². The number of benzene rings is 1. The van der Waals surface area contributed by atoms with Gasteiger partial charge < -0.3 is 19.3 Å². The van der Waals surface area contributed by atoms with Gasteiger partial charge in [-0.2, -0.15) is 0 Å². The minimum atomic E-state index is 0.0801. The number of phenols is 1. The molecule has 1 aliphatic rings. The average Bonchev–Trinajstić information content (AvgIpc) is 2.69. The molecule has 1 aromatic carbocycles. The number of hydrogen-bond donors (Lipinski definition) is 1. The Morgan fingerprint density at radius 3 is 2.80 bits per heavy atom. The Labute approximate surface area is 88.4 Å². The summed E-state index contributed by atoms with van der Waals surface area (Å²) in [7, 11) is 1.55. The summed E-state index contributed by atoms with van der Waals surface area (Å²) in [6.45, 7) is 1.35. The number of methoxy groups -OCH3 is 1. The molecule has 2 rings (SSSR count). The van der Waals surface area contributed by atoms with E-state index in [9.17, 15) is 5.11 Å². The van der Waals surface area contributed by atoms with Crippen molar-refractivity contribution in [2.45, 2.75) is 12.5 Å². The quantitative estimate of drug-likeness (QED) is 0.822. The molecule has 0 unspecified atom stereocenters. The number of hydrogen-bond acceptors (Lipinski definition) is 4. The van der Waals surface area contributed by atoms with Gasteiger partial charge in [-0.1, -0.05) is 0 Å². The van der Waals surface area contributed by atoms with Crippen LogP contribution in [0.15, 0.2) is 18.2 Å². The van der Waals surface area contributed by atoms with Gasteiger partial charge in [0.25, 0.3) is 0 Å². The summed E-state index contributed by atoms with van der Waals surface area (Å²) in [4.78, 5) is 0. The molecule has 1 fully saturated rings. The fourth-order valence-corrected chi connectivity index (χ4v) is 1.54. The van der Waals surface area contributed by atoms with Gasteiger partial charge in [0.05, 0.1) is 20.3 Å². The van der Waals surface area contributed by atoms with Gasteiger partial charge >= 0.3 is 0 Å². The maximum Gasteiger partial charge on any atom is 0.127 e. The second-order valence-corrected chi connectivity index (χ2v) is 3.47. The minimum Gasteiger partial charge on any atom is -0.508 e. The summed E-state index contributed by atoms with van der Waals surface area (Å²) >= 11 is 0.